The standard InChI is InChI=1S/C20H24N2O2/c1-20(2,3)15-5-8-16(9-6-15)24-17-7-4-13-11-18(19(21)23)22-12-14(13)10-17/h4-10,18,22H,11-12H2,1-3H3,(H2,21,23). The van der Waals surface area contributed by atoms with Crippen LogP contribution in [0.15, 0.2) is 42.5 Å². The third-order valence-electron chi connectivity index (χ3n) is 4.44. The number of amides is 1. The molecule has 3 N–H and O–H groups in total. The summed E-state index contributed by atoms with van der Waals surface area (Å²) < 4.78 is 5.97. The molecule has 1 heterocycles. The molecular weight excluding hydrogens is 300 g/mol. The quantitative estimate of drug-likeness (QED) is 0.910. The Morgan fingerprint density at radius 3 is 2.38 bits per heavy atom. The van der Waals surface area contributed by atoms with E-state index in [-0.39, 0.29) is 17.4 Å². The van der Waals surface area contributed by atoms with E-state index in [4.69, 9.17) is 10.5 Å². The molecule has 126 valence electrons. The van der Waals surface area contributed by atoms with Gasteiger partial charge in [-0.3, -0.25) is 4.79 Å². The molecule has 1 atom stereocenters. The van der Waals surface area contributed by atoms with Gasteiger partial charge in [-0.1, -0.05) is 39.0 Å². The van der Waals surface area contributed by atoms with Gasteiger partial charge in [0.2, 0.25) is 5.91 Å². The second-order valence-corrected chi connectivity index (χ2v) is 7.35. The van der Waals surface area contributed by atoms with Gasteiger partial charge in [-0.05, 0) is 52.8 Å². The van der Waals surface area contributed by atoms with Crippen LogP contribution in [0.5, 0.6) is 11.5 Å². The summed E-state index contributed by atoms with van der Waals surface area (Å²) >= 11 is 0. The van der Waals surface area contributed by atoms with Crippen LogP contribution in [0.1, 0.15) is 37.5 Å². The predicted octanol–water partition coefficient (Wildman–Crippen LogP) is 3.28. The third-order valence-corrected chi connectivity index (χ3v) is 4.44. The molecule has 1 aliphatic heterocycles. The molecule has 0 aromatic heterocycles. The lowest BCUT2D eigenvalue weighted by Gasteiger charge is -2.24. The van der Waals surface area contributed by atoms with E-state index >= 15 is 0 Å². The fraction of sp³-hybridized carbons (Fsp3) is 0.350. The second kappa shape index (κ2) is 6.29. The van der Waals surface area contributed by atoms with Gasteiger partial charge in [0.1, 0.15) is 11.5 Å². The Labute approximate surface area is 143 Å². The van der Waals surface area contributed by atoms with Gasteiger partial charge in [0, 0.05) is 6.54 Å². The number of ether oxygens (including phenoxy) is 1. The highest BCUT2D eigenvalue weighted by Gasteiger charge is 2.22. The van der Waals surface area contributed by atoms with Crippen molar-refractivity contribution in [3.63, 3.8) is 0 Å². The van der Waals surface area contributed by atoms with E-state index in [0.29, 0.717) is 13.0 Å². The molecule has 0 bridgehead atoms. The van der Waals surface area contributed by atoms with E-state index in [9.17, 15) is 4.79 Å². The van der Waals surface area contributed by atoms with Gasteiger partial charge in [0.15, 0.2) is 0 Å². The Morgan fingerprint density at radius 1 is 1.08 bits per heavy atom. The average Bonchev–Trinajstić information content (AvgIpc) is 2.54. The van der Waals surface area contributed by atoms with Crippen molar-refractivity contribution >= 4 is 5.91 Å². The van der Waals surface area contributed by atoms with Crippen molar-refractivity contribution in [2.75, 3.05) is 0 Å². The maximum absolute atomic E-state index is 11.3. The smallest absolute Gasteiger partial charge is 0.234 e. The third kappa shape index (κ3) is 3.60. The SMILES string of the molecule is CC(C)(C)c1ccc(Oc2ccc3c(c2)CNC(C(N)=O)C3)cc1. The summed E-state index contributed by atoms with van der Waals surface area (Å²) in [5, 5.41) is 3.16. The van der Waals surface area contributed by atoms with Gasteiger partial charge in [-0.15, -0.1) is 0 Å². The first-order valence-electron chi connectivity index (χ1n) is 8.26. The molecule has 0 spiro atoms. The molecule has 1 aliphatic rings. The Hall–Kier alpha value is -2.33. The van der Waals surface area contributed by atoms with Gasteiger partial charge in [-0.2, -0.15) is 0 Å². The zero-order chi connectivity index (χ0) is 17.3. The molecule has 1 amide bonds. The van der Waals surface area contributed by atoms with Crippen molar-refractivity contribution in [1.82, 2.24) is 5.32 Å². The minimum atomic E-state index is -0.306. The van der Waals surface area contributed by atoms with E-state index in [1.807, 2.05) is 30.3 Å². The number of hydrogen-bond donors (Lipinski definition) is 2. The van der Waals surface area contributed by atoms with Crippen molar-refractivity contribution in [2.24, 2.45) is 5.73 Å². The Kier molecular flexibility index (Phi) is 4.33. The molecule has 4 heteroatoms. The molecule has 0 saturated carbocycles. The molecule has 0 aliphatic carbocycles. The Morgan fingerprint density at radius 2 is 1.75 bits per heavy atom. The Bertz CT molecular complexity index is 745. The number of benzene rings is 2. The number of carbonyl (C=O) groups is 1. The fourth-order valence-corrected chi connectivity index (χ4v) is 2.91. The first-order chi connectivity index (χ1) is 11.3. The minimum absolute atomic E-state index is 0.132. The first kappa shape index (κ1) is 16.5. The van der Waals surface area contributed by atoms with E-state index < -0.39 is 0 Å². The second-order valence-electron chi connectivity index (χ2n) is 7.35. The summed E-state index contributed by atoms with van der Waals surface area (Å²) in [6.45, 7) is 7.21. The van der Waals surface area contributed by atoms with E-state index in [1.54, 1.807) is 0 Å². The van der Waals surface area contributed by atoms with Gasteiger partial charge in [0.05, 0.1) is 6.04 Å². The number of hydrogen-bond acceptors (Lipinski definition) is 3. The summed E-state index contributed by atoms with van der Waals surface area (Å²) in [6.07, 6.45) is 0.630. The van der Waals surface area contributed by atoms with Crippen LogP contribution in [0.2, 0.25) is 0 Å². The summed E-state index contributed by atoms with van der Waals surface area (Å²) in [4.78, 5) is 11.3. The highest BCUT2D eigenvalue weighted by molar-refractivity contribution is 5.80. The number of primary amides is 1. The van der Waals surface area contributed by atoms with Crippen molar-refractivity contribution in [3.8, 4) is 11.5 Å². The molecule has 24 heavy (non-hydrogen) atoms. The van der Waals surface area contributed by atoms with Crippen LogP contribution in [0, 0.1) is 0 Å². The van der Waals surface area contributed by atoms with Crippen LogP contribution >= 0.6 is 0 Å². The lowest BCUT2D eigenvalue weighted by atomic mass is 9.87. The lowest BCUT2D eigenvalue weighted by molar-refractivity contribution is -0.120. The number of nitrogens with one attached hydrogen (secondary N) is 1. The van der Waals surface area contributed by atoms with Crippen LogP contribution in [-0.4, -0.2) is 11.9 Å². The summed E-state index contributed by atoms with van der Waals surface area (Å²) in [5.41, 5.74) is 9.08. The first-order valence-corrected chi connectivity index (χ1v) is 8.26. The monoisotopic (exact) mass is 324 g/mol. The molecule has 3 rings (SSSR count). The maximum Gasteiger partial charge on any atom is 0.234 e. The number of fused-ring (bicyclic) bond motifs is 1. The van der Waals surface area contributed by atoms with Crippen LogP contribution in [0.25, 0.3) is 0 Å². The number of carbonyl (C=O) groups excluding carboxylic acids is 1. The number of nitrogens with two attached hydrogens (primary N) is 1. The van der Waals surface area contributed by atoms with Crippen molar-refractivity contribution in [1.29, 1.82) is 0 Å². The van der Waals surface area contributed by atoms with E-state index in [1.165, 1.54) is 5.56 Å². The molecule has 1 unspecified atom stereocenters. The van der Waals surface area contributed by atoms with E-state index in [2.05, 4.69) is 38.2 Å². The summed E-state index contributed by atoms with van der Waals surface area (Å²) in [5.74, 6) is 1.32. The fourth-order valence-electron chi connectivity index (χ4n) is 2.91. The molecule has 0 saturated heterocycles. The van der Waals surface area contributed by atoms with Gasteiger partial charge >= 0.3 is 0 Å². The van der Waals surface area contributed by atoms with Gasteiger partial charge in [0.25, 0.3) is 0 Å². The Balaban J connectivity index is 1.74. The van der Waals surface area contributed by atoms with Crippen LogP contribution < -0.4 is 15.8 Å². The van der Waals surface area contributed by atoms with Gasteiger partial charge in [-0.25, -0.2) is 0 Å². The molecule has 0 radical (unpaired) electrons. The minimum Gasteiger partial charge on any atom is -0.457 e. The largest absolute Gasteiger partial charge is 0.457 e. The van der Waals surface area contributed by atoms with Crippen molar-refractivity contribution < 1.29 is 9.53 Å². The summed E-state index contributed by atoms with van der Waals surface area (Å²) in [7, 11) is 0. The topological polar surface area (TPSA) is 64.3 Å². The van der Waals surface area contributed by atoms with Crippen LogP contribution in [-0.2, 0) is 23.2 Å². The van der Waals surface area contributed by atoms with Crippen LogP contribution in [0.3, 0.4) is 0 Å². The highest BCUT2D eigenvalue weighted by atomic mass is 16.5. The highest BCUT2D eigenvalue weighted by Crippen LogP contribution is 2.29. The molecule has 2 aromatic rings. The van der Waals surface area contributed by atoms with Gasteiger partial charge < -0.3 is 15.8 Å². The maximum atomic E-state index is 11.3. The zero-order valence-electron chi connectivity index (χ0n) is 14.4. The zero-order valence-corrected chi connectivity index (χ0v) is 14.4. The molecule has 4 nitrogen and oxygen atoms in total. The molecule has 0 fully saturated rings. The predicted molar refractivity (Wildman–Crippen MR) is 95.2 cm³/mol. The molecular formula is C20H24N2O2. The van der Waals surface area contributed by atoms with Crippen molar-refractivity contribution in [2.45, 2.75) is 45.2 Å². The normalized spacial score (nSPS) is 17.2. The summed E-state index contributed by atoms with van der Waals surface area (Å²) in [6, 6.07) is 13.9. The number of rotatable bonds is 3. The van der Waals surface area contributed by atoms with Crippen LogP contribution in [0.4, 0.5) is 0 Å². The molecule has 2 aromatic carbocycles. The average molecular weight is 324 g/mol. The van der Waals surface area contributed by atoms with Crippen molar-refractivity contribution in [3.05, 3.63) is 59.2 Å². The lowest BCUT2D eigenvalue weighted by Crippen LogP contribution is -2.45. The van der Waals surface area contributed by atoms with E-state index in [0.717, 1.165) is 22.6 Å².